The minimum atomic E-state index is 1.04. The Morgan fingerprint density at radius 2 is 1.86 bits per heavy atom. The van der Waals surface area contributed by atoms with Crippen LogP contribution >= 0.6 is 0 Å². The van der Waals surface area contributed by atoms with E-state index in [2.05, 4.69) is 54.1 Å². The zero-order valence-corrected chi connectivity index (χ0v) is 8.20. The van der Waals surface area contributed by atoms with Crippen LogP contribution in [0.15, 0.2) is 36.4 Å². The van der Waals surface area contributed by atoms with Crippen LogP contribution in [0.5, 0.6) is 0 Å². The summed E-state index contributed by atoms with van der Waals surface area (Å²) in [7, 11) is 0. The smallest absolute Gasteiger partial charge is 0.198 e. The van der Waals surface area contributed by atoms with Gasteiger partial charge in [0.15, 0.2) is 6.21 Å². The zero-order valence-electron chi connectivity index (χ0n) is 8.20. The van der Waals surface area contributed by atoms with Crippen molar-refractivity contribution in [1.82, 2.24) is 0 Å². The first-order valence-corrected chi connectivity index (χ1v) is 5.03. The second kappa shape index (κ2) is 2.68. The molecule has 0 saturated heterocycles. The van der Waals surface area contributed by atoms with Crippen molar-refractivity contribution in [1.29, 1.82) is 0 Å². The maximum Gasteiger partial charge on any atom is 0.213 e. The van der Waals surface area contributed by atoms with Crippen LogP contribution in [0.2, 0.25) is 0 Å². The second-order valence-corrected chi connectivity index (χ2v) is 3.64. The number of benzene rings is 2. The van der Waals surface area contributed by atoms with E-state index in [9.17, 15) is 0 Å². The summed E-state index contributed by atoms with van der Waals surface area (Å²) in [5, 5.41) is 2.74. The van der Waals surface area contributed by atoms with Gasteiger partial charge in [0.25, 0.3) is 0 Å². The van der Waals surface area contributed by atoms with E-state index >= 15 is 0 Å². The summed E-state index contributed by atoms with van der Waals surface area (Å²) in [5.41, 5.74) is 2.69. The van der Waals surface area contributed by atoms with Crippen LogP contribution in [0.25, 0.3) is 10.8 Å². The fourth-order valence-corrected chi connectivity index (χ4v) is 2.20. The lowest BCUT2D eigenvalue weighted by molar-refractivity contribution is -0.426. The Hall–Kier alpha value is -1.63. The van der Waals surface area contributed by atoms with Crippen LogP contribution < -0.4 is 0 Å². The molecule has 0 fully saturated rings. The number of hydrogen-bond donors (Lipinski definition) is 0. The lowest BCUT2D eigenvalue weighted by Gasteiger charge is -1.97. The van der Waals surface area contributed by atoms with Crippen molar-refractivity contribution in [3.8, 4) is 0 Å². The van der Waals surface area contributed by atoms with Crippen LogP contribution in [0, 0.1) is 0 Å². The highest BCUT2D eigenvalue weighted by atomic mass is 15.0. The Morgan fingerprint density at radius 1 is 1.07 bits per heavy atom. The van der Waals surface area contributed by atoms with E-state index in [1.54, 1.807) is 0 Å². The molecule has 1 heteroatoms. The van der Waals surface area contributed by atoms with E-state index in [0.29, 0.717) is 0 Å². The van der Waals surface area contributed by atoms with Gasteiger partial charge < -0.3 is 0 Å². The third-order valence-electron chi connectivity index (χ3n) is 2.86. The number of hydrogen-bond acceptors (Lipinski definition) is 0. The molecule has 0 saturated carbocycles. The molecular weight excluding hydrogens is 170 g/mol. The van der Waals surface area contributed by atoms with Gasteiger partial charge in [-0.25, -0.2) is 0 Å². The Morgan fingerprint density at radius 3 is 2.64 bits per heavy atom. The molecule has 0 radical (unpaired) electrons. The first kappa shape index (κ1) is 7.74. The number of nitrogens with zero attached hydrogens (tertiary/aromatic N) is 1. The van der Waals surface area contributed by atoms with E-state index in [0.717, 1.165) is 6.54 Å². The lowest BCUT2D eigenvalue weighted by atomic mass is 10.1. The first-order valence-electron chi connectivity index (χ1n) is 5.03. The van der Waals surface area contributed by atoms with E-state index in [1.807, 2.05) is 0 Å². The Balaban J connectivity index is 2.46. The second-order valence-electron chi connectivity index (χ2n) is 3.64. The summed E-state index contributed by atoms with van der Waals surface area (Å²) in [6, 6.07) is 13.0. The molecule has 0 aromatic heterocycles. The SMILES string of the molecule is CC[N+]1=Cc2cccc3cccc1c23. The predicted octanol–water partition coefficient (Wildman–Crippen LogP) is 2.94. The molecule has 0 amide bonds. The summed E-state index contributed by atoms with van der Waals surface area (Å²) in [4.78, 5) is 0. The molecule has 14 heavy (non-hydrogen) atoms. The molecule has 0 spiro atoms. The van der Waals surface area contributed by atoms with Gasteiger partial charge in [-0.2, -0.15) is 4.58 Å². The maximum absolute atomic E-state index is 2.30. The number of rotatable bonds is 1. The van der Waals surface area contributed by atoms with E-state index in [1.165, 1.54) is 22.0 Å². The molecule has 1 heterocycles. The summed E-state index contributed by atoms with van der Waals surface area (Å²) in [6.07, 6.45) is 2.23. The summed E-state index contributed by atoms with van der Waals surface area (Å²) in [6.45, 7) is 3.22. The standard InChI is InChI=1S/C13H12N/c1-2-14-9-11-7-3-5-10-6-4-8-12(14)13(10)11/h3-9H,2H2,1H3/q+1. The van der Waals surface area contributed by atoms with E-state index in [-0.39, 0.29) is 0 Å². The minimum absolute atomic E-state index is 1.04. The lowest BCUT2D eigenvalue weighted by Crippen LogP contribution is -2.01. The highest BCUT2D eigenvalue weighted by Crippen LogP contribution is 2.31. The fraction of sp³-hybridized carbons (Fsp3) is 0.154. The largest absolute Gasteiger partial charge is 0.213 e. The van der Waals surface area contributed by atoms with Crippen molar-refractivity contribution >= 4 is 22.7 Å². The molecule has 0 N–H and O–H groups in total. The van der Waals surface area contributed by atoms with Crippen molar-refractivity contribution in [3.05, 3.63) is 42.0 Å². The molecule has 0 unspecified atom stereocenters. The maximum atomic E-state index is 2.30. The quantitative estimate of drug-likeness (QED) is 0.596. The Bertz CT molecular complexity index is 533. The zero-order chi connectivity index (χ0) is 9.54. The van der Waals surface area contributed by atoms with Crippen molar-refractivity contribution in [2.45, 2.75) is 6.92 Å². The van der Waals surface area contributed by atoms with Crippen molar-refractivity contribution in [2.75, 3.05) is 6.54 Å². The predicted molar refractivity (Wildman–Crippen MR) is 59.6 cm³/mol. The van der Waals surface area contributed by atoms with Gasteiger partial charge >= 0.3 is 0 Å². The Kier molecular flexibility index (Phi) is 1.48. The van der Waals surface area contributed by atoms with Crippen LogP contribution in [-0.4, -0.2) is 17.3 Å². The molecular formula is C13H12N+. The van der Waals surface area contributed by atoms with Gasteiger partial charge in [-0.15, -0.1) is 0 Å². The van der Waals surface area contributed by atoms with Crippen LogP contribution in [0.4, 0.5) is 5.69 Å². The fourth-order valence-electron chi connectivity index (χ4n) is 2.20. The molecule has 0 aliphatic carbocycles. The molecule has 2 aromatic rings. The van der Waals surface area contributed by atoms with E-state index < -0.39 is 0 Å². The third kappa shape index (κ3) is 0.869. The topological polar surface area (TPSA) is 3.01 Å². The average Bonchev–Trinajstić information content (AvgIpc) is 2.60. The first-order chi connectivity index (χ1) is 6.90. The Labute approximate surface area is 83.3 Å². The molecule has 1 nitrogen and oxygen atoms in total. The van der Waals surface area contributed by atoms with Gasteiger partial charge in [0, 0.05) is 6.07 Å². The van der Waals surface area contributed by atoms with Crippen LogP contribution in [0.3, 0.4) is 0 Å². The normalized spacial score (nSPS) is 13.4. The monoisotopic (exact) mass is 182 g/mol. The molecule has 0 atom stereocenters. The van der Waals surface area contributed by atoms with Gasteiger partial charge in [-0.1, -0.05) is 24.3 Å². The molecule has 2 aromatic carbocycles. The minimum Gasteiger partial charge on any atom is -0.198 e. The van der Waals surface area contributed by atoms with Crippen LogP contribution in [-0.2, 0) is 0 Å². The highest BCUT2D eigenvalue weighted by molar-refractivity contribution is 6.06. The molecule has 1 aliphatic heterocycles. The van der Waals surface area contributed by atoms with Crippen molar-refractivity contribution in [2.24, 2.45) is 0 Å². The summed E-state index contributed by atoms with van der Waals surface area (Å²) in [5.74, 6) is 0. The van der Waals surface area contributed by atoms with Gasteiger partial charge in [0.2, 0.25) is 5.69 Å². The van der Waals surface area contributed by atoms with E-state index in [4.69, 9.17) is 0 Å². The van der Waals surface area contributed by atoms with Gasteiger partial charge in [-0.05, 0) is 18.4 Å². The van der Waals surface area contributed by atoms with Crippen molar-refractivity contribution < 1.29 is 4.58 Å². The highest BCUT2D eigenvalue weighted by Gasteiger charge is 2.21. The summed E-state index contributed by atoms with van der Waals surface area (Å²) < 4.78 is 2.30. The molecule has 68 valence electrons. The van der Waals surface area contributed by atoms with Gasteiger partial charge in [-0.3, -0.25) is 0 Å². The average molecular weight is 182 g/mol. The molecule has 3 rings (SSSR count). The van der Waals surface area contributed by atoms with Gasteiger partial charge in [0.1, 0.15) is 6.54 Å². The van der Waals surface area contributed by atoms with Gasteiger partial charge in [0.05, 0.1) is 10.9 Å². The third-order valence-corrected chi connectivity index (χ3v) is 2.86. The molecule has 1 aliphatic rings. The van der Waals surface area contributed by atoms with Crippen molar-refractivity contribution in [3.63, 3.8) is 0 Å². The summed E-state index contributed by atoms with van der Waals surface area (Å²) >= 11 is 0. The van der Waals surface area contributed by atoms with Crippen LogP contribution in [0.1, 0.15) is 12.5 Å². The molecule has 0 bridgehead atoms.